The molecule has 3 nitrogen and oxygen atoms in total. The minimum atomic E-state index is -3.07. The van der Waals surface area contributed by atoms with E-state index in [1.807, 2.05) is 32.0 Å². The van der Waals surface area contributed by atoms with Gasteiger partial charge in [0.2, 0.25) is 0 Å². The van der Waals surface area contributed by atoms with Crippen LogP contribution in [0, 0.1) is 13.8 Å². The second-order valence-corrected chi connectivity index (χ2v) is 7.18. The molecule has 4 heteroatoms. The van der Waals surface area contributed by atoms with Crippen molar-refractivity contribution in [3.8, 4) is 0 Å². The van der Waals surface area contributed by atoms with E-state index in [1.165, 1.54) is 17.4 Å². The molecule has 0 aromatic heterocycles. The van der Waals surface area contributed by atoms with Crippen molar-refractivity contribution in [3.05, 3.63) is 34.9 Å². The van der Waals surface area contributed by atoms with E-state index in [0.29, 0.717) is 6.42 Å². The summed E-state index contributed by atoms with van der Waals surface area (Å²) < 4.78 is 22.9. The van der Waals surface area contributed by atoms with Crippen LogP contribution in [-0.2, 0) is 16.3 Å². The van der Waals surface area contributed by atoms with Gasteiger partial charge in [0.05, 0.1) is 5.25 Å². The Bertz CT molecular complexity index is 474. The molecule has 0 aliphatic heterocycles. The molecule has 0 fully saturated rings. The standard InChI is InChI=1S/C13H21NO2S/c1-9-6-5-7-10(2)12(9)8-13(14)11(3)17(4,15)16/h5-7,11,13H,8,14H2,1-4H3. The van der Waals surface area contributed by atoms with Crippen molar-refractivity contribution < 1.29 is 8.42 Å². The molecule has 1 aromatic carbocycles. The van der Waals surface area contributed by atoms with Crippen molar-refractivity contribution >= 4 is 9.84 Å². The molecule has 1 rings (SSSR count). The summed E-state index contributed by atoms with van der Waals surface area (Å²) in [7, 11) is -3.07. The molecule has 2 atom stereocenters. The largest absolute Gasteiger partial charge is 0.326 e. The van der Waals surface area contributed by atoms with Crippen molar-refractivity contribution in [3.63, 3.8) is 0 Å². The van der Waals surface area contributed by atoms with Crippen LogP contribution in [-0.4, -0.2) is 26.0 Å². The normalized spacial score (nSPS) is 15.6. The van der Waals surface area contributed by atoms with E-state index in [1.54, 1.807) is 6.92 Å². The van der Waals surface area contributed by atoms with Crippen LogP contribution in [0.3, 0.4) is 0 Å². The van der Waals surface area contributed by atoms with Gasteiger partial charge >= 0.3 is 0 Å². The number of rotatable bonds is 4. The summed E-state index contributed by atoms with van der Waals surface area (Å²) in [5.74, 6) is 0. The van der Waals surface area contributed by atoms with Crippen molar-refractivity contribution in [2.75, 3.05) is 6.26 Å². The van der Waals surface area contributed by atoms with E-state index in [0.717, 1.165) is 5.56 Å². The first kappa shape index (κ1) is 14.2. The van der Waals surface area contributed by atoms with Crippen LogP contribution in [0.2, 0.25) is 0 Å². The first-order valence-corrected chi connectivity index (χ1v) is 7.68. The van der Waals surface area contributed by atoms with Crippen molar-refractivity contribution in [1.82, 2.24) is 0 Å². The zero-order chi connectivity index (χ0) is 13.2. The highest BCUT2D eigenvalue weighted by Gasteiger charge is 2.23. The lowest BCUT2D eigenvalue weighted by atomic mass is 9.96. The Morgan fingerprint density at radius 2 is 1.71 bits per heavy atom. The third kappa shape index (κ3) is 3.54. The lowest BCUT2D eigenvalue weighted by Crippen LogP contribution is -2.39. The van der Waals surface area contributed by atoms with E-state index in [4.69, 9.17) is 5.73 Å². The molecule has 0 aliphatic carbocycles. The lowest BCUT2D eigenvalue weighted by molar-refractivity contribution is 0.561. The highest BCUT2D eigenvalue weighted by atomic mass is 32.2. The molecule has 2 unspecified atom stereocenters. The van der Waals surface area contributed by atoms with E-state index in [2.05, 4.69) is 0 Å². The highest BCUT2D eigenvalue weighted by Crippen LogP contribution is 2.17. The fourth-order valence-corrected chi connectivity index (χ4v) is 2.62. The van der Waals surface area contributed by atoms with Gasteiger partial charge in [-0.15, -0.1) is 0 Å². The van der Waals surface area contributed by atoms with E-state index in [-0.39, 0.29) is 6.04 Å². The lowest BCUT2D eigenvalue weighted by Gasteiger charge is -2.20. The van der Waals surface area contributed by atoms with Crippen LogP contribution in [0.25, 0.3) is 0 Å². The zero-order valence-electron chi connectivity index (χ0n) is 10.9. The summed E-state index contributed by atoms with van der Waals surface area (Å²) in [6.07, 6.45) is 1.84. The number of nitrogens with two attached hydrogens (primary N) is 1. The van der Waals surface area contributed by atoms with Gasteiger partial charge in [0.1, 0.15) is 0 Å². The van der Waals surface area contributed by atoms with Gasteiger partial charge in [0.15, 0.2) is 9.84 Å². The maximum atomic E-state index is 11.5. The average molecular weight is 255 g/mol. The zero-order valence-corrected chi connectivity index (χ0v) is 11.7. The number of benzene rings is 1. The summed E-state index contributed by atoms with van der Waals surface area (Å²) in [6.45, 7) is 5.73. The Kier molecular flexibility index (Phi) is 4.33. The number of aryl methyl sites for hydroxylation is 2. The maximum Gasteiger partial charge on any atom is 0.151 e. The molecule has 0 saturated heterocycles. The number of hydrogen-bond acceptors (Lipinski definition) is 3. The Morgan fingerprint density at radius 3 is 2.12 bits per heavy atom. The molecule has 96 valence electrons. The fourth-order valence-electron chi connectivity index (χ4n) is 1.89. The van der Waals surface area contributed by atoms with Gasteiger partial charge in [-0.1, -0.05) is 18.2 Å². The summed E-state index contributed by atoms with van der Waals surface area (Å²) in [4.78, 5) is 0. The summed E-state index contributed by atoms with van der Waals surface area (Å²) in [6, 6.07) is 5.70. The number of hydrogen-bond donors (Lipinski definition) is 1. The highest BCUT2D eigenvalue weighted by molar-refractivity contribution is 7.91. The monoisotopic (exact) mass is 255 g/mol. The molecule has 0 saturated carbocycles. The molecule has 2 N–H and O–H groups in total. The van der Waals surface area contributed by atoms with Gasteiger partial charge in [-0.25, -0.2) is 8.42 Å². The van der Waals surface area contributed by atoms with Crippen molar-refractivity contribution in [2.45, 2.75) is 38.5 Å². The molecular weight excluding hydrogens is 234 g/mol. The van der Waals surface area contributed by atoms with Crippen LogP contribution in [0.15, 0.2) is 18.2 Å². The van der Waals surface area contributed by atoms with Crippen LogP contribution < -0.4 is 5.73 Å². The summed E-state index contributed by atoms with van der Waals surface area (Å²) >= 11 is 0. The summed E-state index contributed by atoms with van der Waals surface area (Å²) in [5, 5.41) is -0.512. The Hall–Kier alpha value is -0.870. The smallest absolute Gasteiger partial charge is 0.151 e. The molecule has 0 spiro atoms. The molecule has 0 heterocycles. The van der Waals surface area contributed by atoms with Gasteiger partial charge in [-0.3, -0.25) is 0 Å². The molecule has 17 heavy (non-hydrogen) atoms. The number of sulfone groups is 1. The van der Waals surface area contributed by atoms with E-state index >= 15 is 0 Å². The summed E-state index contributed by atoms with van der Waals surface area (Å²) in [5.41, 5.74) is 9.49. The minimum absolute atomic E-state index is 0.357. The molecule has 0 aliphatic rings. The molecule has 1 aromatic rings. The van der Waals surface area contributed by atoms with Gasteiger partial charge in [0.25, 0.3) is 0 Å². The SMILES string of the molecule is Cc1cccc(C)c1CC(N)C(C)S(C)(=O)=O. The third-order valence-electron chi connectivity index (χ3n) is 3.36. The Morgan fingerprint density at radius 1 is 1.24 bits per heavy atom. The average Bonchev–Trinajstić information content (AvgIpc) is 2.21. The first-order valence-electron chi connectivity index (χ1n) is 5.73. The molecule has 0 bridgehead atoms. The quantitative estimate of drug-likeness (QED) is 0.889. The molecular formula is C13H21NO2S. The van der Waals surface area contributed by atoms with Gasteiger partial charge in [0, 0.05) is 12.3 Å². The van der Waals surface area contributed by atoms with E-state index in [9.17, 15) is 8.42 Å². The van der Waals surface area contributed by atoms with Crippen LogP contribution >= 0.6 is 0 Å². The van der Waals surface area contributed by atoms with E-state index < -0.39 is 15.1 Å². The Balaban J connectivity index is 2.92. The van der Waals surface area contributed by atoms with Crippen LogP contribution in [0.4, 0.5) is 0 Å². The second kappa shape index (κ2) is 5.19. The Labute approximate surface area is 104 Å². The molecule has 0 amide bonds. The predicted molar refractivity (Wildman–Crippen MR) is 71.9 cm³/mol. The minimum Gasteiger partial charge on any atom is -0.326 e. The van der Waals surface area contributed by atoms with Gasteiger partial charge in [-0.2, -0.15) is 0 Å². The molecule has 0 radical (unpaired) electrons. The van der Waals surface area contributed by atoms with Crippen LogP contribution in [0.5, 0.6) is 0 Å². The van der Waals surface area contributed by atoms with Gasteiger partial charge < -0.3 is 5.73 Å². The van der Waals surface area contributed by atoms with Crippen LogP contribution in [0.1, 0.15) is 23.6 Å². The topological polar surface area (TPSA) is 60.2 Å². The fraction of sp³-hybridized carbons (Fsp3) is 0.538. The van der Waals surface area contributed by atoms with Crippen molar-refractivity contribution in [1.29, 1.82) is 0 Å². The van der Waals surface area contributed by atoms with Crippen molar-refractivity contribution in [2.24, 2.45) is 5.73 Å². The second-order valence-electron chi connectivity index (χ2n) is 4.77. The predicted octanol–water partition coefficient (Wildman–Crippen LogP) is 1.61. The first-order chi connectivity index (χ1) is 7.73. The maximum absolute atomic E-state index is 11.5. The van der Waals surface area contributed by atoms with Gasteiger partial charge in [-0.05, 0) is 43.9 Å². The third-order valence-corrected chi connectivity index (χ3v) is 5.06.